The predicted octanol–water partition coefficient (Wildman–Crippen LogP) is 4.87. The van der Waals surface area contributed by atoms with Crippen molar-refractivity contribution in [1.29, 1.82) is 0 Å². The third-order valence-electron chi connectivity index (χ3n) is 4.52. The highest BCUT2D eigenvalue weighted by Gasteiger charge is 2.29. The molecule has 0 unspecified atom stereocenters. The number of carbonyl (C=O) groups excluding carboxylic acids is 2. The van der Waals surface area contributed by atoms with Gasteiger partial charge in [-0.2, -0.15) is 0 Å². The summed E-state index contributed by atoms with van der Waals surface area (Å²) in [6.07, 6.45) is 1.40. The minimum absolute atomic E-state index is 0.0445. The van der Waals surface area contributed by atoms with Gasteiger partial charge in [0, 0.05) is 23.1 Å². The smallest absolute Gasteiger partial charge is 0.242 e. The Balaban J connectivity index is 2.30. The van der Waals surface area contributed by atoms with E-state index < -0.39 is 6.04 Å². The minimum atomic E-state index is -0.555. The van der Waals surface area contributed by atoms with Crippen LogP contribution in [0, 0.1) is 0 Å². The van der Waals surface area contributed by atoms with Crippen molar-refractivity contribution in [2.45, 2.75) is 45.7 Å². The van der Waals surface area contributed by atoms with Gasteiger partial charge < -0.3 is 10.2 Å². The van der Waals surface area contributed by atoms with E-state index in [0.29, 0.717) is 35.1 Å². The van der Waals surface area contributed by atoms with Gasteiger partial charge in [0.15, 0.2) is 0 Å². The molecule has 2 rings (SSSR count). The number of hydrogen-bond donors (Lipinski definition) is 1. The van der Waals surface area contributed by atoms with Gasteiger partial charge >= 0.3 is 0 Å². The third-order valence-corrected chi connectivity index (χ3v) is 5.23. The Morgan fingerprint density at radius 1 is 1.00 bits per heavy atom. The predicted molar refractivity (Wildman–Crippen MR) is 115 cm³/mol. The summed E-state index contributed by atoms with van der Waals surface area (Å²) < 4.78 is 0. The molecule has 2 amide bonds. The van der Waals surface area contributed by atoms with Gasteiger partial charge in [-0.1, -0.05) is 73.4 Å². The maximum Gasteiger partial charge on any atom is 0.242 e. The molecule has 0 radical (unpaired) electrons. The molecule has 0 aliphatic rings. The first-order valence-corrected chi connectivity index (χ1v) is 10.3. The SMILES string of the molecule is CCCNC(=O)[C@@H](CC)N(Cc1ccccc1)C(=O)Cc1c(Cl)cccc1Cl. The maximum atomic E-state index is 13.2. The Morgan fingerprint density at radius 3 is 2.21 bits per heavy atom. The minimum Gasteiger partial charge on any atom is -0.354 e. The van der Waals surface area contributed by atoms with Gasteiger partial charge in [0.05, 0.1) is 6.42 Å². The number of rotatable bonds is 9. The molecule has 0 aromatic heterocycles. The first-order chi connectivity index (χ1) is 13.5. The number of halogens is 2. The summed E-state index contributed by atoms with van der Waals surface area (Å²) in [5, 5.41) is 3.80. The Morgan fingerprint density at radius 2 is 1.64 bits per heavy atom. The van der Waals surface area contributed by atoms with Crippen molar-refractivity contribution in [1.82, 2.24) is 10.2 Å². The molecule has 4 nitrogen and oxygen atoms in total. The highest BCUT2D eigenvalue weighted by atomic mass is 35.5. The van der Waals surface area contributed by atoms with E-state index in [1.54, 1.807) is 23.1 Å². The molecule has 0 fully saturated rings. The van der Waals surface area contributed by atoms with E-state index in [9.17, 15) is 9.59 Å². The summed E-state index contributed by atoms with van der Waals surface area (Å²) in [6.45, 7) is 4.83. The molecule has 0 aliphatic heterocycles. The largest absolute Gasteiger partial charge is 0.354 e. The number of carbonyl (C=O) groups is 2. The van der Waals surface area contributed by atoms with E-state index in [4.69, 9.17) is 23.2 Å². The molecule has 28 heavy (non-hydrogen) atoms. The van der Waals surface area contributed by atoms with Gasteiger partial charge in [-0.15, -0.1) is 0 Å². The fourth-order valence-electron chi connectivity index (χ4n) is 3.02. The maximum absolute atomic E-state index is 13.2. The van der Waals surface area contributed by atoms with Crippen LogP contribution < -0.4 is 5.32 Å². The average molecular weight is 421 g/mol. The standard InChI is InChI=1S/C22H26Cl2N2O2/c1-3-13-25-22(28)20(4-2)26(15-16-9-6-5-7-10-16)21(27)14-17-18(23)11-8-12-19(17)24/h5-12,20H,3-4,13-15H2,1-2H3,(H,25,28)/t20-/m1/s1. The average Bonchev–Trinajstić information content (AvgIpc) is 2.69. The number of nitrogens with zero attached hydrogens (tertiary/aromatic N) is 1. The summed E-state index contributed by atoms with van der Waals surface area (Å²) in [5.41, 5.74) is 1.54. The molecule has 6 heteroatoms. The van der Waals surface area contributed by atoms with Gasteiger partial charge in [0.1, 0.15) is 6.04 Å². The first kappa shape index (κ1) is 22.3. The van der Waals surface area contributed by atoms with Crippen molar-refractivity contribution in [3.05, 3.63) is 69.7 Å². The van der Waals surface area contributed by atoms with Gasteiger partial charge in [-0.25, -0.2) is 0 Å². The number of amides is 2. The van der Waals surface area contributed by atoms with E-state index in [-0.39, 0.29) is 18.2 Å². The zero-order valence-corrected chi connectivity index (χ0v) is 17.8. The molecule has 1 atom stereocenters. The van der Waals surface area contributed by atoms with Crippen molar-refractivity contribution >= 4 is 35.0 Å². The number of benzene rings is 2. The highest BCUT2D eigenvalue weighted by Crippen LogP contribution is 2.26. The highest BCUT2D eigenvalue weighted by molar-refractivity contribution is 6.36. The van der Waals surface area contributed by atoms with Crippen LogP contribution in [0.4, 0.5) is 0 Å². The molecule has 0 bridgehead atoms. The van der Waals surface area contributed by atoms with E-state index >= 15 is 0 Å². The molecule has 2 aromatic rings. The van der Waals surface area contributed by atoms with Crippen molar-refractivity contribution in [2.75, 3.05) is 6.54 Å². The third kappa shape index (κ3) is 5.98. The molecule has 0 spiro atoms. The van der Waals surface area contributed by atoms with Crippen molar-refractivity contribution in [2.24, 2.45) is 0 Å². The molecule has 0 heterocycles. The molecular weight excluding hydrogens is 395 g/mol. The van der Waals surface area contributed by atoms with Crippen LogP contribution in [0.1, 0.15) is 37.8 Å². The molecule has 0 saturated carbocycles. The number of nitrogens with one attached hydrogen (secondary N) is 1. The molecule has 2 aromatic carbocycles. The lowest BCUT2D eigenvalue weighted by Crippen LogP contribution is -2.49. The first-order valence-electron chi connectivity index (χ1n) is 9.51. The zero-order chi connectivity index (χ0) is 20.5. The van der Waals surface area contributed by atoms with E-state index in [1.165, 1.54) is 0 Å². The van der Waals surface area contributed by atoms with Crippen molar-refractivity contribution in [3.63, 3.8) is 0 Å². The summed E-state index contributed by atoms with van der Waals surface area (Å²) in [6, 6.07) is 14.3. The normalized spacial score (nSPS) is 11.7. The van der Waals surface area contributed by atoms with Crippen LogP contribution in [-0.4, -0.2) is 29.3 Å². The van der Waals surface area contributed by atoms with E-state index in [1.807, 2.05) is 44.2 Å². The van der Waals surface area contributed by atoms with Crippen LogP contribution in [0.25, 0.3) is 0 Å². The van der Waals surface area contributed by atoms with E-state index in [2.05, 4.69) is 5.32 Å². The lowest BCUT2D eigenvalue weighted by Gasteiger charge is -2.31. The molecular formula is C22H26Cl2N2O2. The van der Waals surface area contributed by atoms with Crippen LogP contribution in [-0.2, 0) is 22.6 Å². The second-order valence-electron chi connectivity index (χ2n) is 6.60. The van der Waals surface area contributed by atoms with Gasteiger partial charge in [-0.05, 0) is 36.1 Å². The van der Waals surface area contributed by atoms with Crippen LogP contribution in [0.2, 0.25) is 10.0 Å². The van der Waals surface area contributed by atoms with Gasteiger partial charge in [0.25, 0.3) is 0 Å². The Kier molecular flexibility index (Phi) is 8.81. The molecule has 0 saturated heterocycles. The van der Waals surface area contributed by atoms with Crippen molar-refractivity contribution < 1.29 is 9.59 Å². The topological polar surface area (TPSA) is 49.4 Å². The summed E-state index contributed by atoms with van der Waals surface area (Å²) >= 11 is 12.5. The quantitative estimate of drug-likeness (QED) is 0.628. The Bertz CT molecular complexity index is 776. The van der Waals surface area contributed by atoms with Gasteiger partial charge in [-0.3, -0.25) is 9.59 Å². The summed E-state index contributed by atoms with van der Waals surface area (Å²) in [5.74, 6) is -0.323. The monoisotopic (exact) mass is 420 g/mol. The summed E-state index contributed by atoms with van der Waals surface area (Å²) in [4.78, 5) is 27.6. The zero-order valence-electron chi connectivity index (χ0n) is 16.3. The lowest BCUT2D eigenvalue weighted by molar-refractivity contribution is -0.140. The fourth-order valence-corrected chi connectivity index (χ4v) is 3.55. The van der Waals surface area contributed by atoms with Crippen LogP contribution in [0.5, 0.6) is 0 Å². The second kappa shape index (κ2) is 11.1. The molecule has 150 valence electrons. The van der Waals surface area contributed by atoms with Gasteiger partial charge in [0.2, 0.25) is 11.8 Å². The van der Waals surface area contributed by atoms with Crippen LogP contribution in [0.3, 0.4) is 0 Å². The number of hydrogen-bond acceptors (Lipinski definition) is 2. The summed E-state index contributed by atoms with van der Waals surface area (Å²) in [7, 11) is 0. The fraction of sp³-hybridized carbons (Fsp3) is 0.364. The molecule has 1 N–H and O–H groups in total. The Labute approximate surface area is 176 Å². The Hall–Kier alpha value is -2.04. The second-order valence-corrected chi connectivity index (χ2v) is 7.41. The van der Waals surface area contributed by atoms with E-state index in [0.717, 1.165) is 12.0 Å². The van der Waals surface area contributed by atoms with Crippen LogP contribution in [0.15, 0.2) is 48.5 Å². The molecule has 0 aliphatic carbocycles. The lowest BCUT2D eigenvalue weighted by atomic mass is 10.1. The van der Waals surface area contributed by atoms with Crippen LogP contribution >= 0.6 is 23.2 Å². The van der Waals surface area contributed by atoms with Crippen molar-refractivity contribution in [3.8, 4) is 0 Å².